The van der Waals surface area contributed by atoms with Crippen LogP contribution in [0, 0.1) is 23.2 Å². The van der Waals surface area contributed by atoms with Gasteiger partial charge in [-0.05, 0) is 58.6 Å². The van der Waals surface area contributed by atoms with Crippen LogP contribution in [0.5, 0.6) is 5.75 Å². The third kappa shape index (κ3) is 3.43. The molecule has 144 valence electrons. The molecule has 0 unspecified atom stereocenters. The van der Waals surface area contributed by atoms with Crippen LogP contribution in [0.1, 0.15) is 78.9 Å². The lowest BCUT2D eigenvalue weighted by atomic mass is 9.57. The first-order valence-electron chi connectivity index (χ1n) is 9.99. The van der Waals surface area contributed by atoms with Gasteiger partial charge in [0.1, 0.15) is 5.75 Å². The Morgan fingerprint density at radius 2 is 1.42 bits per heavy atom. The van der Waals surface area contributed by atoms with Crippen LogP contribution < -0.4 is 0 Å². The van der Waals surface area contributed by atoms with Gasteiger partial charge in [0, 0.05) is 11.8 Å². The summed E-state index contributed by atoms with van der Waals surface area (Å²) in [6, 6.07) is 5.79. The first-order chi connectivity index (χ1) is 12.0. The number of phenolic OH excluding ortho intramolecular Hbond substituents is 1. The Morgan fingerprint density at radius 1 is 0.846 bits per heavy atom. The molecule has 0 fully saturated rings. The minimum Gasteiger partial charge on any atom is -0.512 e. The van der Waals surface area contributed by atoms with Gasteiger partial charge in [-0.2, -0.15) is 0 Å². The molecule has 0 atom stereocenters. The van der Waals surface area contributed by atoms with E-state index in [1.807, 2.05) is 6.07 Å². The summed E-state index contributed by atoms with van der Waals surface area (Å²) in [7, 11) is 0. The molecule has 0 aliphatic heterocycles. The van der Waals surface area contributed by atoms with Crippen LogP contribution in [0.25, 0.3) is 5.57 Å². The van der Waals surface area contributed by atoms with E-state index in [4.69, 9.17) is 0 Å². The molecule has 0 amide bonds. The second-order valence-corrected chi connectivity index (χ2v) is 9.04. The molecule has 26 heavy (non-hydrogen) atoms. The van der Waals surface area contributed by atoms with E-state index >= 15 is 0 Å². The second kappa shape index (κ2) is 7.50. The van der Waals surface area contributed by atoms with Crippen molar-refractivity contribution in [1.82, 2.24) is 0 Å². The standard InChI is InChI=1S/C24H36O2/c1-14(2)21-11-18(25)9-10-20(21)23-22(15(3)4)12-19(26)13-24(23,16(5)6)17(7)8/h9-11,13-17,25-26H,12H2,1-8H3. The van der Waals surface area contributed by atoms with Gasteiger partial charge in [-0.3, -0.25) is 0 Å². The summed E-state index contributed by atoms with van der Waals surface area (Å²) >= 11 is 0. The van der Waals surface area contributed by atoms with E-state index in [0.29, 0.717) is 41.6 Å². The molecule has 2 rings (SSSR count). The zero-order valence-electron chi connectivity index (χ0n) is 17.7. The Hall–Kier alpha value is -1.70. The van der Waals surface area contributed by atoms with Gasteiger partial charge in [0.05, 0.1) is 5.76 Å². The van der Waals surface area contributed by atoms with Gasteiger partial charge in [-0.25, -0.2) is 0 Å². The van der Waals surface area contributed by atoms with Gasteiger partial charge in [-0.15, -0.1) is 0 Å². The third-order valence-corrected chi connectivity index (χ3v) is 6.07. The quantitative estimate of drug-likeness (QED) is 0.592. The third-order valence-electron chi connectivity index (χ3n) is 6.07. The number of hydrogen-bond acceptors (Lipinski definition) is 2. The Labute approximate surface area is 159 Å². The van der Waals surface area contributed by atoms with Gasteiger partial charge >= 0.3 is 0 Å². The molecule has 1 aromatic carbocycles. The highest BCUT2D eigenvalue weighted by Gasteiger charge is 2.44. The van der Waals surface area contributed by atoms with E-state index < -0.39 is 0 Å². The maximum absolute atomic E-state index is 10.6. The first-order valence-corrected chi connectivity index (χ1v) is 9.99. The number of allylic oxidation sites excluding steroid dienone is 3. The fourth-order valence-electron chi connectivity index (χ4n) is 4.69. The monoisotopic (exact) mass is 356 g/mol. The topological polar surface area (TPSA) is 40.5 Å². The molecule has 0 saturated heterocycles. The Bertz CT molecular complexity index is 710. The van der Waals surface area contributed by atoms with Crippen molar-refractivity contribution in [3.05, 3.63) is 46.7 Å². The van der Waals surface area contributed by atoms with Crippen molar-refractivity contribution in [2.75, 3.05) is 0 Å². The second-order valence-electron chi connectivity index (χ2n) is 9.04. The molecule has 0 bridgehead atoms. The summed E-state index contributed by atoms with van der Waals surface area (Å²) < 4.78 is 0. The number of aliphatic hydroxyl groups excluding tert-OH is 1. The fraction of sp³-hybridized carbons (Fsp3) is 0.583. The van der Waals surface area contributed by atoms with Crippen LogP contribution in [0.15, 0.2) is 35.6 Å². The van der Waals surface area contributed by atoms with Crippen molar-refractivity contribution < 1.29 is 10.2 Å². The van der Waals surface area contributed by atoms with Gasteiger partial charge in [0.25, 0.3) is 0 Å². The molecule has 2 N–H and O–H groups in total. The van der Waals surface area contributed by atoms with Crippen LogP contribution in [0.2, 0.25) is 0 Å². The Balaban J connectivity index is 2.93. The van der Waals surface area contributed by atoms with Crippen LogP contribution in [0.3, 0.4) is 0 Å². The van der Waals surface area contributed by atoms with E-state index in [2.05, 4.69) is 67.5 Å². The van der Waals surface area contributed by atoms with Crippen molar-refractivity contribution >= 4 is 5.57 Å². The highest BCUT2D eigenvalue weighted by Crippen LogP contribution is 2.56. The van der Waals surface area contributed by atoms with E-state index in [0.717, 1.165) is 0 Å². The lowest BCUT2D eigenvalue weighted by Gasteiger charge is -2.46. The van der Waals surface area contributed by atoms with Crippen LogP contribution in [-0.2, 0) is 0 Å². The zero-order valence-corrected chi connectivity index (χ0v) is 17.7. The van der Waals surface area contributed by atoms with E-state index in [1.165, 1.54) is 22.3 Å². The van der Waals surface area contributed by atoms with Crippen molar-refractivity contribution in [2.45, 2.75) is 67.7 Å². The normalized spacial score (nSPS) is 17.6. The predicted molar refractivity (Wildman–Crippen MR) is 111 cm³/mol. The van der Waals surface area contributed by atoms with E-state index in [-0.39, 0.29) is 5.41 Å². The summed E-state index contributed by atoms with van der Waals surface area (Å²) in [5, 5.41) is 20.7. The first kappa shape index (κ1) is 20.6. The van der Waals surface area contributed by atoms with Crippen LogP contribution in [0.4, 0.5) is 0 Å². The molecular weight excluding hydrogens is 320 g/mol. The number of rotatable bonds is 5. The number of benzene rings is 1. The molecule has 2 nitrogen and oxygen atoms in total. The number of hydrogen-bond donors (Lipinski definition) is 2. The van der Waals surface area contributed by atoms with Crippen molar-refractivity contribution in [2.24, 2.45) is 23.2 Å². The fourth-order valence-corrected chi connectivity index (χ4v) is 4.69. The molecule has 1 aromatic rings. The molecule has 0 aromatic heterocycles. The maximum Gasteiger partial charge on any atom is 0.115 e. The number of aliphatic hydroxyl groups is 1. The van der Waals surface area contributed by atoms with Crippen LogP contribution in [-0.4, -0.2) is 10.2 Å². The molecule has 0 radical (unpaired) electrons. The minimum atomic E-state index is -0.220. The summed E-state index contributed by atoms with van der Waals surface area (Å²) in [5.74, 6) is 2.17. The average Bonchev–Trinajstić information content (AvgIpc) is 2.53. The molecular formula is C24H36O2. The Morgan fingerprint density at radius 3 is 1.88 bits per heavy atom. The number of phenols is 1. The molecule has 0 saturated carbocycles. The molecule has 2 heteroatoms. The number of aromatic hydroxyl groups is 1. The highest BCUT2D eigenvalue weighted by atomic mass is 16.3. The lowest BCUT2D eigenvalue weighted by Crippen LogP contribution is -2.36. The SMILES string of the molecule is CC(C)C1=C(c2ccc(O)cc2C(C)C)C(C(C)C)(C(C)C)C=C(O)C1. The van der Waals surface area contributed by atoms with Gasteiger partial charge in [-0.1, -0.05) is 67.0 Å². The highest BCUT2D eigenvalue weighted by molar-refractivity contribution is 5.80. The minimum absolute atomic E-state index is 0.220. The maximum atomic E-state index is 10.6. The Kier molecular flexibility index (Phi) is 5.95. The average molecular weight is 357 g/mol. The molecule has 0 heterocycles. The van der Waals surface area contributed by atoms with E-state index in [1.54, 1.807) is 6.07 Å². The largest absolute Gasteiger partial charge is 0.512 e. The molecule has 1 aliphatic rings. The van der Waals surface area contributed by atoms with Crippen molar-refractivity contribution in [3.63, 3.8) is 0 Å². The summed E-state index contributed by atoms with van der Waals surface area (Å²) in [4.78, 5) is 0. The summed E-state index contributed by atoms with van der Waals surface area (Å²) in [6.07, 6.45) is 2.73. The molecule has 1 aliphatic carbocycles. The van der Waals surface area contributed by atoms with Crippen molar-refractivity contribution in [3.8, 4) is 5.75 Å². The smallest absolute Gasteiger partial charge is 0.115 e. The predicted octanol–water partition coefficient (Wildman–Crippen LogP) is 7.07. The summed E-state index contributed by atoms with van der Waals surface area (Å²) in [6.45, 7) is 17.8. The zero-order chi connectivity index (χ0) is 19.8. The lowest BCUT2D eigenvalue weighted by molar-refractivity contribution is 0.239. The van der Waals surface area contributed by atoms with Gasteiger partial charge in [0.15, 0.2) is 0 Å². The van der Waals surface area contributed by atoms with Crippen molar-refractivity contribution in [1.29, 1.82) is 0 Å². The summed E-state index contributed by atoms with van der Waals surface area (Å²) in [5.41, 5.74) is 4.87. The molecule has 0 spiro atoms. The van der Waals surface area contributed by atoms with Crippen LogP contribution >= 0.6 is 0 Å². The van der Waals surface area contributed by atoms with Gasteiger partial charge in [0.2, 0.25) is 0 Å². The van der Waals surface area contributed by atoms with E-state index in [9.17, 15) is 10.2 Å². The van der Waals surface area contributed by atoms with Gasteiger partial charge < -0.3 is 10.2 Å².